The van der Waals surface area contributed by atoms with Gasteiger partial charge in [-0.2, -0.15) is 5.26 Å². The number of nitriles is 1. The van der Waals surface area contributed by atoms with Crippen LogP contribution in [0.15, 0.2) is 18.3 Å². The lowest BCUT2D eigenvalue weighted by Crippen LogP contribution is -2.32. The van der Waals surface area contributed by atoms with Gasteiger partial charge in [0.1, 0.15) is 11.8 Å². The summed E-state index contributed by atoms with van der Waals surface area (Å²) in [5.74, 6) is 0.544. The number of amides is 1. The minimum atomic E-state index is -0.164. The highest BCUT2D eigenvalue weighted by atomic mass is 16.1. The lowest BCUT2D eigenvalue weighted by atomic mass is 9.94. The smallest absolute Gasteiger partial charge is 0.269 e. The van der Waals surface area contributed by atoms with Crippen LogP contribution in [0.2, 0.25) is 0 Å². The van der Waals surface area contributed by atoms with E-state index in [0.717, 1.165) is 19.5 Å². The fraction of sp³-hybridized carbons (Fsp3) is 0.533. The molecule has 20 heavy (non-hydrogen) atoms. The van der Waals surface area contributed by atoms with Gasteiger partial charge in [-0.1, -0.05) is 0 Å². The molecule has 2 rings (SSSR count). The Morgan fingerprint density at radius 1 is 1.50 bits per heavy atom. The van der Waals surface area contributed by atoms with E-state index in [9.17, 15) is 4.79 Å². The van der Waals surface area contributed by atoms with E-state index in [2.05, 4.69) is 22.2 Å². The van der Waals surface area contributed by atoms with Gasteiger partial charge in [0.05, 0.1) is 5.56 Å². The van der Waals surface area contributed by atoms with Gasteiger partial charge in [0, 0.05) is 12.7 Å². The van der Waals surface area contributed by atoms with Crippen molar-refractivity contribution in [1.82, 2.24) is 15.2 Å². The second-order valence-corrected chi connectivity index (χ2v) is 5.34. The van der Waals surface area contributed by atoms with Crippen molar-refractivity contribution in [2.75, 3.05) is 26.7 Å². The Kier molecular flexibility index (Phi) is 5.08. The summed E-state index contributed by atoms with van der Waals surface area (Å²) in [5.41, 5.74) is 0.834. The maximum atomic E-state index is 11.9. The van der Waals surface area contributed by atoms with Crippen LogP contribution in [0.1, 0.15) is 35.3 Å². The first-order valence-electron chi connectivity index (χ1n) is 7.02. The molecule has 0 aromatic carbocycles. The predicted octanol–water partition coefficient (Wildman–Crippen LogP) is 1.41. The molecule has 1 amide bonds. The van der Waals surface area contributed by atoms with E-state index in [1.165, 1.54) is 19.0 Å². The van der Waals surface area contributed by atoms with Gasteiger partial charge in [0.15, 0.2) is 0 Å². The van der Waals surface area contributed by atoms with Crippen molar-refractivity contribution in [3.63, 3.8) is 0 Å². The Bertz CT molecular complexity index is 484. The van der Waals surface area contributed by atoms with Crippen molar-refractivity contribution in [3.05, 3.63) is 29.6 Å². The molecule has 0 bridgehead atoms. The van der Waals surface area contributed by atoms with Crippen molar-refractivity contribution in [1.29, 1.82) is 5.26 Å². The Hall–Kier alpha value is -1.93. The molecule has 0 aliphatic carbocycles. The van der Waals surface area contributed by atoms with Crippen LogP contribution in [0.4, 0.5) is 0 Å². The number of pyridine rings is 1. The second-order valence-electron chi connectivity index (χ2n) is 5.34. The molecule has 0 spiro atoms. The number of likely N-dealkylation sites (tertiary alicyclic amines) is 1. The Morgan fingerprint density at radius 2 is 2.25 bits per heavy atom. The van der Waals surface area contributed by atoms with Gasteiger partial charge in [-0.05, 0) is 57.5 Å². The monoisotopic (exact) mass is 272 g/mol. The SMILES string of the molecule is CN1CCC(CCNC(=O)c2ccc(C#N)cn2)CC1. The zero-order chi connectivity index (χ0) is 14.4. The van der Waals surface area contributed by atoms with E-state index in [4.69, 9.17) is 5.26 Å². The quantitative estimate of drug-likeness (QED) is 0.900. The molecular weight excluding hydrogens is 252 g/mol. The first kappa shape index (κ1) is 14.5. The first-order valence-corrected chi connectivity index (χ1v) is 7.02. The fourth-order valence-electron chi connectivity index (χ4n) is 2.43. The molecule has 5 heteroatoms. The van der Waals surface area contributed by atoms with Crippen LogP contribution in [0.25, 0.3) is 0 Å². The zero-order valence-electron chi connectivity index (χ0n) is 11.8. The average molecular weight is 272 g/mol. The summed E-state index contributed by atoms with van der Waals surface area (Å²) in [7, 11) is 2.15. The summed E-state index contributed by atoms with van der Waals surface area (Å²) in [6.45, 7) is 2.99. The maximum absolute atomic E-state index is 11.9. The van der Waals surface area contributed by atoms with Gasteiger partial charge >= 0.3 is 0 Å². The lowest BCUT2D eigenvalue weighted by Gasteiger charge is -2.28. The summed E-state index contributed by atoms with van der Waals surface area (Å²) >= 11 is 0. The summed E-state index contributed by atoms with van der Waals surface area (Å²) in [5, 5.41) is 11.6. The van der Waals surface area contributed by atoms with Crippen LogP contribution in [0.3, 0.4) is 0 Å². The van der Waals surface area contributed by atoms with Crippen LogP contribution in [-0.4, -0.2) is 42.5 Å². The maximum Gasteiger partial charge on any atom is 0.269 e. The molecule has 1 N–H and O–H groups in total. The number of aromatic nitrogens is 1. The molecule has 0 atom stereocenters. The molecular formula is C15H20N4O. The predicted molar refractivity (Wildman–Crippen MR) is 76.1 cm³/mol. The topological polar surface area (TPSA) is 69.0 Å². The summed E-state index contributed by atoms with van der Waals surface area (Å²) < 4.78 is 0. The Labute approximate surface area is 119 Å². The second kappa shape index (κ2) is 7.01. The van der Waals surface area contributed by atoms with Crippen LogP contribution < -0.4 is 5.32 Å². The molecule has 1 aromatic heterocycles. The third-order valence-corrected chi connectivity index (χ3v) is 3.80. The number of nitrogens with zero attached hydrogens (tertiary/aromatic N) is 3. The molecule has 106 valence electrons. The summed E-state index contributed by atoms with van der Waals surface area (Å²) in [4.78, 5) is 18.2. The van der Waals surface area contributed by atoms with Gasteiger partial charge < -0.3 is 10.2 Å². The van der Waals surface area contributed by atoms with Crippen LogP contribution >= 0.6 is 0 Å². The van der Waals surface area contributed by atoms with E-state index in [-0.39, 0.29) is 5.91 Å². The van der Waals surface area contributed by atoms with Crippen molar-refractivity contribution < 1.29 is 4.79 Å². The van der Waals surface area contributed by atoms with Crippen molar-refractivity contribution >= 4 is 5.91 Å². The standard InChI is InChI=1S/C15H20N4O/c1-19-8-5-12(6-9-19)4-7-17-15(20)14-3-2-13(10-16)11-18-14/h2-3,11-12H,4-9H2,1H3,(H,17,20). The molecule has 2 heterocycles. The van der Waals surface area contributed by atoms with Gasteiger partial charge in [0.2, 0.25) is 0 Å². The van der Waals surface area contributed by atoms with Crippen LogP contribution in [-0.2, 0) is 0 Å². The van der Waals surface area contributed by atoms with E-state index in [1.807, 2.05) is 6.07 Å². The van der Waals surface area contributed by atoms with Gasteiger partial charge in [-0.15, -0.1) is 0 Å². The van der Waals surface area contributed by atoms with Crippen molar-refractivity contribution in [3.8, 4) is 6.07 Å². The molecule has 0 radical (unpaired) electrons. The van der Waals surface area contributed by atoms with Crippen LogP contribution in [0, 0.1) is 17.2 Å². The van der Waals surface area contributed by atoms with E-state index >= 15 is 0 Å². The summed E-state index contributed by atoms with van der Waals surface area (Å²) in [6, 6.07) is 5.18. The van der Waals surface area contributed by atoms with Crippen molar-refractivity contribution in [2.45, 2.75) is 19.3 Å². The largest absolute Gasteiger partial charge is 0.351 e. The third-order valence-electron chi connectivity index (χ3n) is 3.80. The third kappa shape index (κ3) is 4.04. The highest BCUT2D eigenvalue weighted by Crippen LogP contribution is 2.18. The zero-order valence-corrected chi connectivity index (χ0v) is 11.8. The highest BCUT2D eigenvalue weighted by Gasteiger charge is 2.16. The van der Waals surface area contributed by atoms with Crippen molar-refractivity contribution in [2.24, 2.45) is 5.92 Å². The molecule has 0 saturated carbocycles. The van der Waals surface area contributed by atoms with Gasteiger partial charge in [-0.25, -0.2) is 4.98 Å². The molecule has 1 fully saturated rings. The average Bonchev–Trinajstić information content (AvgIpc) is 2.49. The molecule has 1 aliphatic rings. The molecule has 1 aromatic rings. The number of carbonyl (C=O) groups is 1. The normalized spacial score (nSPS) is 16.6. The minimum Gasteiger partial charge on any atom is -0.351 e. The fourth-order valence-corrected chi connectivity index (χ4v) is 2.43. The number of carbonyl (C=O) groups excluding carboxylic acids is 1. The molecule has 1 aliphatic heterocycles. The minimum absolute atomic E-state index is 0.164. The summed E-state index contributed by atoms with van der Waals surface area (Å²) in [6.07, 6.45) is 4.87. The van der Waals surface area contributed by atoms with Crippen LogP contribution in [0.5, 0.6) is 0 Å². The van der Waals surface area contributed by atoms with Gasteiger partial charge in [-0.3, -0.25) is 4.79 Å². The first-order chi connectivity index (χ1) is 9.69. The number of piperidine rings is 1. The number of rotatable bonds is 4. The molecule has 5 nitrogen and oxygen atoms in total. The molecule has 0 unspecified atom stereocenters. The Balaban J connectivity index is 1.73. The molecule has 1 saturated heterocycles. The van der Waals surface area contributed by atoms with E-state index in [0.29, 0.717) is 23.7 Å². The highest BCUT2D eigenvalue weighted by molar-refractivity contribution is 5.92. The lowest BCUT2D eigenvalue weighted by molar-refractivity contribution is 0.0944. The number of hydrogen-bond acceptors (Lipinski definition) is 4. The van der Waals surface area contributed by atoms with E-state index < -0.39 is 0 Å². The number of nitrogens with one attached hydrogen (secondary N) is 1. The number of hydrogen-bond donors (Lipinski definition) is 1. The Morgan fingerprint density at radius 3 is 2.85 bits per heavy atom. The van der Waals surface area contributed by atoms with E-state index in [1.54, 1.807) is 12.1 Å². The van der Waals surface area contributed by atoms with Gasteiger partial charge in [0.25, 0.3) is 5.91 Å².